The van der Waals surface area contributed by atoms with Crippen LogP contribution in [0.25, 0.3) is 0 Å². The van der Waals surface area contributed by atoms with Crippen LogP contribution in [0, 0.1) is 5.82 Å². The van der Waals surface area contributed by atoms with Gasteiger partial charge < -0.3 is 4.90 Å². The summed E-state index contributed by atoms with van der Waals surface area (Å²) < 4.78 is 13.1. The highest BCUT2D eigenvalue weighted by atomic mass is 19.1. The lowest BCUT2D eigenvalue weighted by molar-refractivity contribution is 0.0743. The number of likely N-dealkylation sites (tertiary alicyclic amines) is 1. The van der Waals surface area contributed by atoms with Crippen molar-refractivity contribution in [2.45, 2.75) is 45.1 Å². The third kappa shape index (κ3) is 3.16. The van der Waals surface area contributed by atoms with Crippen LogP contribution in [0.2, 0.25) is 0 Å². The smallest absolute Gasteiger partial charge is 0.257 e. The van der Waals surface area contributed by atoms with Crippen LogP contribution in [0.3, 0.4) is 0 Å². The molecule has 0 bridgehead atoms. The van der Waals surface area contributed by atoms with Crippen LogP contribution in [0.1, 0.15) is 60.6 Å². The van der Waals surface area contributed by atoms with Gasteiger partial charge in [-0.15, -0.1) is 0 Å². The fraction of sp³-hybridized carbons (Fsp3) is 0.421. The van der Waals surface area contributed by atoms with Crippen molar-refractivity contribution in [3.8, 4) is 0 Å². The van der Waals surface area contributed by atoms with E-state index < -0.39 is 0 Å². The lowest BCUT2D eigenvalue weighted by Gasteiger charge is -2.23. The standard InChI is InChI=1S/C19H22FN3O/c1-12(2)18-17(9-21-11-22-18)19(24)23-10-15(8-13(23)3)14-4-6-16(20)7-5-14/h4-7,9,11-13,15H,8,10H2,1-3H3/t13-,15-/m0/s1. The van der Waals surface area contributed by atoms with Gasteiger partial charge in [-0.1, -0.05) is 26.0 Å². The number of rotatable bonds is 3. The summed E-state index contributed by atoms with van der Waals surface area (Å²) in [6.07, 6.45) is 3.98. The summed E-state index contributed by atoms with van der Waals surface area (Å²) in [7, 11) is 0. The van der Waals surface area contributed by atoms with E-state index >= 15 is 0 Å². The molecule has 2 aromatic rings. The van der Waals surface area contributed by atoms with Crippen LogP contribution in [0.5, 0.6) is 0 Å². The summed E-state index contributed by atoms with van der Waals surface area (Å²) in [5.41, 5.74) is 2.44. The van der Waals surface area contributed by atoms with E-state index in [1.54, 1.807) is 6.20 Å². The number of halogens is 1. The first-order valence-corrected chi connectivity index (χ1v) is 8.33. The first-order chi connectivity index (χ1) is 11.5. The summed E-state index contributed by atoms with van der Waals surface area (Å²) in [5, 5.41) is 0. The van der Waals surface area contributed by atoms with Crippen molar-refractivity contribution in [1.82, 2.24) is 14.9 Å². The highest BCUT2D eigenvalue weighted by Crippen LogP contribution is 2.33. The highest BCUT2D eigenvalue weighted by Gasteiger charge is 2.34. The molecule has 4 nitrogen and oxygen atoms in total. The molecule has 0 N–H and O–H groups in total. The van der Waals surface area contributed by atoms with Crippen molar-refractivity contribution in [3.63, 3.8) is 0 Å². The number of amides is 1. The molecular formula is C19H22FN3O. The van der Waals surface area contributed by atoms with Crippen molar-refractivity contribution in [1.29, 1.82) is 0 Å². The van der Waals surface area contributed by atoms with Crippen LogP contribution >= 0.6 is 0 Å². The van der Waals surface area contributed by atoms with Gasteiger partial charge in [0.1, 0.15) is 12.1 Å². The molecule has 3 rings (SSSR count). The Kier molecular flexibility index (Phi) is 4.60. The third-order valence-electron chi connectivity index (χ3n) is 4.70. The Morgan fingerprint density at radius 2 is 2.00 bits per heavy atom. The number of carbonyl (C=O) groups excluding carboxylic acids is 1. The quantitative estimate of drug-likeness (QED) is 0.862. The van der Waals surface area contributed by atoms with Crippen LogP contribution in [0.4, 0.5) is 4.39 Å². The molecule has 1 saturated heterocycles. The summed E-state index contributed by atoms with van der Waals surface area (Å²) in [4.78, 5) is 23.2. The zero-order valence-electron chi connectivity index (χ0n) is 14.2. The van der Waals surface area contributed by atoms with Gasteiger partial charge in [0.25, 0.3) is 5.91 Å². The summed E-state index contributed by atoms with van der Waals surface area (Å²) in [6.45, 7) is 6.74. The maximum atomic E-state index is 13.1. The number of benzene rings is 1. The number of hydrogen-bond donors (Lipinski definition) is 0. The summed E-state index contributed by atoms with van der Waals surface area (Å²) in [5.74, 6) is 0.145. The normalized spacial score (nSPS) is 20.6. The number of carbonyl (C=O) groups is 1. The Morgan fingerprint density at radius 3 is 2.67 bits per heavy atom. The molecule has 0 aliphatic carbocycles. The molecule has 1 aromatic heterocycles. The van der Waals surface area contributed by atoms with Gasteiger partial charge in [0.05, 0.1) is 11.3 Å². The average molecular weight is 327 g/mol. The van der Waals surface area contributed by atoms with Gasteiger partial charge in [0, 0.05) is 24.7 Å². The predicted molar refractivity (Wildman–Crippen MR) is 90.4 cm³/mol. The zero-order valence-corrected chi connectivity index (χ0v) is 14.2. The lowest BCUT2D eigenvalue weighted by atomic mass is 9.97. The van der Waals surface area contributed by atoms with E-state index in [4.69, 9.17) is 0 Å². The van der Waals surface area contributed by atoms with Crippen molar-refractivity contribution in [2.24, 2.45) is 0 Å². The highest BCUT2D eigenvalue weighted by molar-refractivity contribution is 5.95. The van der Waals surface area contributed by atoms with Crippen molar-refractivity contribution in [3.05, 3.63) is 59.4 Å². The fourth-order valence-electron chi connectivity index (χ4n) is 3.41. The largest absolute Gasteiger partial charge is 0.335 e. The van der Waals surface area contributed by atoms with E-state index in [2.05, 4.69) is 16.9 Å². The van der Waals surface area contributed by atoms with Gasteiger partial charge in [-0.05, 0) is 37.0 Å². The number of nitrogens with zero attached hydrogens (tertiary/aromatic N) is 3. The molecule has 126 valence electrons. The van der Waals surface area contributed by atoms with Gasteiger partial charge in [-0.25, -0.2) is 14.4 Å². The van der Waals surface area contributed by atoms with Crippen LogP contribution < -0.4 is 0 Å². The monoisotopic (exact) mass is 327 g/mol. The maximum absolute atomic E-state index is 13.1. The Labute approximate surface area is 141 Å². The second-order valence-electron chi connectivity index (χ2n) is 6.77. The van der Waals surface area contributed by atoms with E-state index in [9.17, 15) is 9.18 Å². The SMILES string of the molecule is CC(C)c1ncncc1C(=O)N1C[C@@H](c2ccc(F)cc2)C[C@@H]1C. The Hall–Kier alpha value is -2.30. The Bertz CT molecular complexity index is 730. The molecule has 1 amide bonds. The van der Waals surface area contributed by atoms with E-state index in [-0.39, 0.29) is 29.6 Å². The minimum atomic E-state index is -0.235. The molecule has 24 heavy (non-hydrogen) atoms. The molecule has 1 aromatic carbocycles. The maximum Gasteiger partial charge on any atom is 0.257 e. The van der Waals surface area contributed by atoms with Gasteiger partial charge in [-0.2, -0.15) is 0 Å². The first-order valence-electron chi connectivity index (χ1n) is 8.33. The minimum Gasteiger partial charge on any atom is -0.335 e. The third-order valence-corrected chi connectivity index (χ3v) is 4.70. The van der Waals surface area contributed by atoms with E-state index in [1.807, 2.05) is 30.9 Å². The molecule has 2 heterocycles. The zero-order chi connectivity index (χ0) is 17.3. The van der Waals surface area contributed by atoms with Crippen LogP contribution in [0.15, 0.2) is 36.8 Å². The van der Waals surface area contributed by atoms with E-state index in [1.165, 1.54) is 18.5 Å². The molecule has 1 fully saturated rings. The summed E-state index contributed by atoms with van der Waals surface area (Å²) >= 11 is 0. The molecule has 1 aliphatic rings. The number of aromatic nitrogens is 2. The first kappa shape index (κ1) is 16.6. The fourth-order valence-corrected chi connectivity index (χ4v) is 3.41. The number of hydrogen-bond acceptors (Lipinski definition) is 3. The topological polar surface area (TPSA) is 46.1 Å². The molecule has 5 heteroatoms. The summed E-state index contributed by atoms with van der Waals surface area (Å²) in [6, 6.07) is 6.71. The second-order valence-corrected chi connectivity index (χ2v) is 6.77. The molecule has 0 saturated carbocycles. The molecule has 2 atom stereocenters. The van der Waals surface area contributed by atoms with Gasteiger partial charge in [-0.3, -0.25) is 4.79 Å². The van der Waals surface area contributed by atoms with Gasteiger partial charge in [0.15, 0.2) is 0 Å². The predicted octanol–water partition coefficient (Wildman–Crippen LogP) is 3.76. The van der Waals surface area contributed by atoms with Crippen LogP contribution in [-0.4, -0.2) is 33.4 Å². The average Bonchev–Trinajstić information content (AvgIpc) is 2.96. The van der Waals surface area contributed by atoms with Gasteiger partial charge in [0.2, 0.25) is 0 Å². The van der Waals surface area contributed by atoms with Crippen LogP contribution in [-0.2, 0) is 0 Å². The molecule has 0 spiro atoms. The Morgan fingerprint density at radius 1 is 1.29 bits per heavy atom. The van der Waals surface area contributed by atoms with Gasteiger partial charge >= 0.3 is 0 Å². The molecule has 0 unspecified atom stereocenters. The van der Waals surface area contributed by atoms with Crippen molar-refractivity contribution in [2.75, 3.05) is 6.54 Å². The second kappa shape index (κ2) is 6.67. The van der Waals surface area contributed by atoms with Crippen molar-refractivity contribution < 1.29 is 9.18 Å². The Balaban J connectivity index is 1.83. The molecular weight excluding hydrogens is 305 g/mol. The van der Waals surface area contributed by atoms with Crippen molar-refractivity contribution >= 4 is 5.91 Å². The van der Waals surface area contributed by atoms with E-state index in [0.29, 0.717) is 12.1 Å². The molecule has 0 radical (unpaired) electrons. The van der Waals surface area contributed by atoms with E-state index in [0.717, 1.165) is 17.7 Å². The lowest BCUT2D eigenvalue weighted by Crippen LogP contribution is -2.35. The molecule has 1 aliphatic heterocycles. The minimum absolute atomic E-state index is 0.0172.